The minimum absolute atomic E-state index is 0.632. The molecule has 3 heterocycles. The van der Waals surface area contributed by atoms with E-state index in [2.05, 4.69) is 38.9 Å². The van der Waals surface area contributed by atoms with Crippen LogP contribution in [0, 0.1) is 6.92 Å². The molecule has 0 aliphatic carbocycles. The molecule has 0 bridgehead atoms. The van der Waals surface area contributed by atoms with E-state index in [1.807, 2.05) is 25.3 Å². The number of hydrogen-bond donors (Lipinski definition) is 2. The summed E-state index contributed by atoms with van der Waals surface area (Å²) in [7, 11) is 0. The van der Waals surface area contributed by atoms with Crippen molar-refractivity contribution < 1.29 is 0 Å². The summed E-state index contributed by atoms with van der Waals surface area (Å²) in [5, 5.41) is 11.2. The van der Waals surface area contributed by atoms with Crippen molar-refractivity contribution in [3.05, 3.63) is 47.7 Å². The Morgan fingerprint density at radius 1 is 1.29 bits per heavy atom. The maximum atomic E-state index is 4.54. The molecule has 5 heteroatoms. The van der Waals surface area contributed by atoms with Crippen molar-refractivity contribution in [1.29, 1.82) is 0 Å². The number of nitrogens with one attached hydrogen (secondary N) is 2. The molecule has 0 unspecified atom stereocenters. The summed E-state index contributed by atoms with van der Waals surface area (Å²) < 4.78 is 1.80. The molecule has 2 aromatic heterocycles. The first kappa shape index (κ1) is 12.2. The highest BCUT2D eigenvalue weighted by Gasteiger charge is 2.10. The molecule has 4 rings (SSSR count). The smallest absolute Gasteiger partial charge is 0.247 e. The number of benzene rings is 1. The maximum Gasteiger partial charge on any atom is 0.247 e. The Bertz CT molecular complexity index is 806. The number of pyridine rings is 1. The van der Waals surface area contributed by atoms with Gasteiger partial charge in [-0.3, -0.25) is 0 Å². The summed E-state index contributed by atoms with van der Waals surface area (Å²) in [4.78, 5) is 4.54. The van der Waals surface area contributed by atoms with Crippen LogP contribution in [0.2, 0.25) is 0 Å². The monoisotopic (exact) mass is 279 g/mol. The fourth-order valence-electron chi connectivity index (χ4n) is 2.77. The standard InChI is InChI=1S/C16H17N5/c1-11-4-3-9-21-15(11)19-16(20-21)18-13-6-7-14-12(10-13)5-2-8-17-14/h3-4,6-7,9-10,17H,2,5,8H2,1H3,(H,18,20). The molecule has 0 fully saturated rings. The highest BCUT2D eigenvalue weighted by molar-refractivity contribution is 5.64. The Hall–Kier alpha value is -2.56. The van der Waals surface area contributed by atoms with Gasteiger partial charge in [-0.2, -0.15) is 4.98 Å². The Balaban J connectivity index is 1.66. The van der Waals surface area contributed by atoms with Gasteiger partial charge in [0.1, 0.15) is 0 Å². The first-order valence-corrected chi connectivity index (χ1v) is 7.25. The van der Waals surface area contributed by atoms with Crippen molar-refractivity contribution in [2.24, 2.45) is 0 Å². The zero-order valence-electron chi connectivity index (χ0n) is 11.9. The van der Waals surface area contributed by atoms with Crippen LogP contribution in [0.4, 0.5) is 17.3 Å². The first-order chi connectivity index (χ1) is 10.3. The molecule has 1 aromatic carbocycles. The maximum absolute atomic E-state index is 4.54. The Morgan fingerprint density at radius 3 is 3.14 bits per heavy atom. The number of rotatable bonds is 2. The van der Waals surface area contributed by atoms with Gasteiger partial charge in [0.25, 0.3) is 0 Å². The average molecular weight is 279 g/mol. The highest BCUT2D eigenvalue weighted by atomic mass is 15.3. The fraction of sp³-hybridized carbons (Fsp3) is 0.250. The molecule has 21 heavy (non-hydrogen) atoms. The van der Waals surface area contributed by atoms with Crippen molar-refractivity contribution in [1.82, 2.24) is 14.6 Å². The van der Waals surface area contributed by atoms with E-state index in [4.69, 9.17) is 0 Å². The number of aromatic nitrogens is 3. The van der Waals surface area contributed by atoms with Crippen LogP contribution in [-0.2, 0) is 6.42 Å². The van der Waals surface area contributed by atoms with E-state index in [9.17, 15) is 0 Å². The van der Waals surface area contributed by atoms with Gasteiger partial charge >= 0.3 is 0 Å². The zero-order chi connectivity index (χ0) is 14.2. The van der Waals surface area contributed by atoms with Crippen LogP contribution in [0.3, 0.4) is 0 Å². The van der Waals surface area contributed by atoms with Gasteiger partial charge in [-0.05, 0) is 55.2 Å². The topological polar surface area (TPSA) is 54.2 Å². The number of hydrogen-bond acceptors (Lipinski definition) is 4. The molecule has 3 aromatic rings. The summed E-state index contributed by atoms with van der Waals surface area (Å²) in [6.45, 7) is 3.10. The Morgan fingerprint density at radius 2 is 2.24 bits per heavy atom. The summed E-state index contributed by atoms with van der Waals surface area (Å²) in [5.74, 6) is 0.632. The van der Waals surface area contributed by atoms with Crippen molar-refractivity contribution in [2.75, 3.05) is 17.2 Å². The molecule has 2 N–H and O–H groups in total. The number of anilines is 3. The van der Waals surface area contributed by atoms with Gasteiger partial charge in [-0.15, -0.1) is 5.10 Å². The second-order valence-corrected chi connectivity index (χ2v) is 5.42. The predicted octanol–water partition coefficient (Wildman–Crippen LogP) is 3.14. The van der Waals surface area contributed by atoms with E-state index in [-0.39, 0.29) is 0 Å². The van der Waals surface area contributed by atoms with Gasteiger partial charge in [0.2, 0.25) is 5.95 Å². The molecular formula is C16H17N5. The summed E-state index contributed by atoms with van der Waals surface area (Å²) in [5.41, 5.74) is 5.63. The molecule has 0 saturated carbocycles. The lowest BCUT2D eigenvalue weighted by atomic mass is 10.0. The van der Waals surface area contributed by atoms with E-state index < -0.39 is 0 Å². The zero-order valence-corrected chi connectivity index (χ0v) is 11.9. The van der Waals surface area contributed by atoms with E-state index in [0.29, 0.717) is 5.95 Å². The van der Waals surface area contributed by atoms with Crippen LogP contribution in [0.25, 0.3) is 5.65 Å². The van der Waals surface area contributed by atoms with Gasteiger partial charge in [-0.1, -0.05) is 6.07 Å². The van der Waals surface area contributed by atoms with Crippen LogP contribution in [0.5, 0.6) is 0 Å². The molecule has 1 aliphatic heterocycles. The van der Waals surface area contributed by atoms with Crippen molar-refractivity contribution in [3.8, 4) is 0 Å². The van der Waals surface area contributed by atoms with Crippen LogP contribution < -0.4 is 10.6 Å². The third-order valence-electron chi connectivity index (χ3n) is 3.86. The molecule has 0 atom stereocenters. The minimum atomic E-state index is 0.632. The molecule has 106 valence electrons. The lowest BCUT2D eigenvalue weighted by Gasteiger charge is -2.18. The molecule has 0 spiro atoms. The van der Waals surface area contributed by atoms with Crippen LogP contribution in [0.1, 0.15) is 17.5 Å². The minimum Gasteiger partial charge on any atom is -0.385 e. The summed E-state index contributed by atoms with van der Waals surface area (Å²) >= 11 is 0. The third-order valence-corrected chi connectivity index (χ3v) is 3.86. The quantitative estimate of drug-likeness (QED) is 0.756. The normalized spacial score (nSPS) is 13.8. The summed E-state index contributed by atoms with van der Waals surface area (Å²) in [6.07, 6.45) is 4.22. The van der Waals surface area contributed by atoms with Crippen LogP contribution in [0.15, 0.2) is 36.5 Å². The third kappa shape index (κ3) is 2.20. The highest BCUT2D eigenvalue weighted by Crippen LogP contribution is 2.26. The molecule has 1 aliphatic rings. The van der Waals surface area contributed by atoms with Crippen LogP contribution >= 0.6 is 0 Å². The molecule has 0 radical (unpaired) electrons. The lowest BCUT2D eigenvalue weighted by molar-refractivity contribution is 0.830. The Kier molecular flexibility index (Phi) is 2.77. The van der Waals surface area contributed by atoms with Crippen molar-refractivity contribution >= 4 is 23.0 Å². The van der Waals surface area contributed by atoms with E-state index >= 15 is 0 Å². The largest absolute Gasteiger partial charge is 0.385 e. The SMILES string of the molecule is Cc1cccn2nc(Nc3ccc4c(c3)CCCN4)nc12. The molecule has 0 saturated heterocycles. The van der Waals surface area contributed by atoms with Gasteiger partial charge in [0, 0.05) is 24.1 Å². The van der Waals surface area contributed by atoms with Gasteiger partial charge < -0.3 is 10.6 Å². The molecule has 5 nitrogen and oxygen atoms in total. The second-order valence-electron chi connectivity index (χ2n) is 5.42. The number of fused-ring (bicyclic) bond motifs is 2. The second kappa shape index (κ2) is 4.77. The van der Waals surface area contributed by atoms with E-state index in [1.165, 1.54) is 17.7 Å². The van der Waals surface area contributed by atoms with Gasteiger partial charge in [-0.25, -0.2) is 4.52 Å². The number of nitrogens with zero attached hydrogens (tertiary/aromatic N) is 3. The fourth-order valence-corrected chi connectivity index (χ4v) is 2.77. The average Bonchev–Trinajstić information content (AvgIpc) is 2.91. The molecular weight excluding hydrogens is 262 g/mol. The van der Waals surface area contributed by atoms with Gasteiger partial charge in [0.05, 0.1) is 0 Å². The van der Waals surface area contributed by atoms with E-state index in [1.54, 1.807) is 4.52 Å². The predicted molar refractivity (Wildman–Crippen MR) is 84.3 cm³/mol. The van der Waals surface area contributed by atoms with Crippen molar-refractivity contribution in [3.63, 3.8) is 0 Å². The first-order valence-electron chi connectivity index (χ1n) is 7.25. The number of aryl methyl sites for hydroxylation is 2. The van der Waals surface area contributed by atoms with E-state index in [0.717, 1.165) is 29.9 Å². The summed E-state index contributed by atoms with van der Waals surface area (Å²) in [6, 6.07) is 10.4. The Labute approximate surface area is 123 Å². The van der Waals surface area contributed by atoms with Crippen molar-refractivity contribution in [2.45, 2.75) is 19.8 Å². The molecule has 0 amide bonds. The van der Waals surface area contributed by atoms with Crippen LogP contribution in [-0.4, -0.2) is 21.1 Å². The lowest BCUT2D eigenvalue weighted by Crippen LogP contribution is -2.11. The van der Waals surface area contributed by atoms with Gasteiger partial charge in [0.15, 0.2) is 5.65 Å².